The molecule has 2 aromatic heterocycles. The Labute approximate surface area is 164 Å². The second-order valence-corrected chi connectivity index (χ2v) is 6.32. The van der Waals surface area contributed by atoms with Gasteiger partial charge in [0.25, 0.3) is 0 Å². The van der Waals surface area contributed by atoms with Crippen molar-refractivity contribution in [2.45, 2.75) is 0 Å². The van der Waals surface area contributed by atoms with Gasteiger partial charge in [-0.25, -0.2) is 9.59 Å². The fourth-order valence-electron chi connectivity index (χ4n) is 3.05. The van der Waals surface area contributed by atoms with Crippen LogP contribution in [0.2, 0.25) is 0 Å². The number of carbonyl (C=O) groups is 1. The van der Waals surface area contributed by atoms with Crippen LogP contribution >= 0.6 is 0 Å². The lowest BCUT2D eigenvalue weighted by molar-refractivity contribution is 0.0734. The molecule has 1 aliphatic rings. The molecule has 0 fully saturated rings. The van der Waals surface area contributed by atoms with E-state index in [2.05, 4.69) is 4.98 Å². The summed E-state index contributed by atoms with van der Waals surface area (Å²) < 4.78 is 21.3. The Bertz CT molecular complexity index is 1300. The summed E-state index contributed by atoms with van der Waals surface area (Å²) in [6, 6.07) is 16.7. The number of carbonyl (C=O) groups excluding carboxylic acids is 1. The van der Waals surface area contributed by atoms with Gasteiger partial charge in [0, 0.05) is 17.6 Å². The molecule has 7 nitrogen and oxygen atoms in total. The number of esters is 1. The molecule has 3 heterocycles. The summed E-state index contributed by atoms with van der Waals surface area (Å²) in [5, 5.41) is 0.688. The van der Waals surface area contributed by atoms with E-state index in [1.807, 2.05) is 0 Å². The number of ether oxygens (including phenoxy) is 3. The molecule has 0 amide bonds. The van der Waals surface area contributed by atoms with E-state index in [-0.39, 0.29) is 12.5 Å². The van der Waals surface area contributed by atoms with Crippen LogP contribution in [0, 0.1) is 0 Å². The Morgan fingerprint density at radius 2 is 1.86 bits per heavy atom. The molecule has 0 radical (unpaired) electrons. The fourth-order valence-corrected chi connectivity index (χ4v) is 3.05. The molecule has 1 aliphatic heterocycles. The van der Waals surface area contributed by atoms with E-state index in [0.29, 0.717) is 39.3 Å². The number of aromatic nitrogens is 1. The first-order valence-electron chi connectivity index (χ1n) is 8.78. The zero-order chi connectivity index (χ0) is 19.8. The third-order valence-electron chi connectivity index (χ3n) is 4.47. The van der Waals surface area contributed by atoms with Crippen molar-refractivity contribution >= 4 is 16.9 Å². The predicted octanol–water partition coefficient (Wildman–Crippen LogP) is 3.80. The van der Waals surface area contributed by atoms with Gasteiger partial charge >= 0.3 is 11.6 Å². The zero-order valence-corrected chi connectivity index (χ0v) is 15.0. The molecule has 0 saturated carbocycles. The van der Waals surface area contributed by atoms with Gasteiger partial charge in [0.2, 0.25) is 6.79 Å². The minimum absolute atomic E-state index is 0.123. The second-order valence-electron chi connectivity index (χ2n) is 6.32. The van der Waals surface area contributed by atoms with Crippen LogP contribution in [0.5, 0.6) is 17.2 Å². The van der Waals surface area contributed by atoms with E-state index < -0.39 is 11.6 Å². The number of benzene rings is 2. The van der Waals surface area contributed by atoms with Gasteiger partial charge in [-0.15, -0.1) is 0 Å². The van der Waals surface area contributed by atoms with Gasteiger partial charge in [0.1, 0.15) is 11.3 Å². The summed E-state index contributed by atoms with van der Waals surface area (Å²) in [6.45, 7) is 0.123. The Morgan fingerprint density at radius 3 is 2.72 bits per heavy atom. The predicted molar refractivity (Wildman–Crippen MR) is 103 cm³/mol. The van der Waals surface area contributed by atoms with Crippen molar-refractivity contribution in [2.24, 2.45) is 0 Å². The van der Waals surface area contributed by atoms with Gasteiger partial charge in [-0.05, 0) is 48.5 Å². The van der Waals surface area contributed by atoms with Crippen molar-refractivity contribution in [1.82, 2.24) is 4.98 Å². The molecule has 0 spiro atoms. The van der Waals surface area contributed by atoms with Gasteiger partial charge in [0.05, 0.1) is 16.8 Å². The summed E-state index contributed by atoms with van der Waals surface area (Å²) in [5.74, 6) is 0.771. The van der Waals surface area contributed by atoms with Crippen molar-refractivity contribution in [2.75, 3.05) is 6.79 Å². The number of pyridine rings is 1. The molecule has 0 unspecified atom stereocenters. The third-order valence-corrected chi connectivity index (χ3v) is 4.47. The Morgan fingerprint density at radius 1 is 0.966 bits per heavy atom. The maximum absolute atomic E-state index is 12.4. The molecule has 29 heavy (non-hydrogen) atoms. The first kappa shape index (κ1) is 17.0. The number of nitrogens with zero attached hydrogens (tertiary/aromatic N) is 1. The lowest BCUT2D eigenvalue weighted by Crippen LogP contribution is -2.08. The second kappa shape index (κ2) is 6.79. The van der Waals surface area contributed by atoms with Crippen molar-refractivity contribution in [3.8, 4) is 28.5 Å². The third kappa shape index (κ3) is 3.19. The number of hydrogen-bond donors (Lipinski definition) is 0. The highest BCUT2D eigenvalue weighted by molar-refractivity contribution is 5.92. The van der Waals surface area contributed by atoms with Crippen LogP contribution in [0.15, 0.2) is 76.1 Å². The molecule has 5 rings (SSSR count). The highest BCUT2D eigenvalue weighted by atomic mass is 16.7. The van der Waals surface area contributed by atoms with Gasteiger partial charge < -0.3 is 18.6 Å². The van der Waals surface area contributed by atoms with Gasteiger partial charge in [-0.2, -0.15) is 0 Å². The molecule has 7 heteroatoms. The van der Waals surface area contributed by atoms with E-state index in [1.165, 1.54) is 6.07 Å². The van der Waals surface area contributed by atoms with Gasteiger partial charge in [-0.1, -0.05) is 6.07 Å². The molecule has 0 atom stereocenters. The lowest BCUT2D eigenvalue weighted by atomic mass is 10.1. The van der Waals surface area contributed by atoms with Crippen LogP contribution in [0.3, 0.4) is 0 Å². The van der Waals surface area contributed by atoms with Crippen molar-refractivity contribution in [1.29, 1.82) is 0 Å². The maximum Gasteiger partial charge on any atom is 0.345 e. The average Bonchev–Trinajstić information content (AvgIpc) is 3.21. The topological polar surface area (TPSA) is 87.9 Å². The van der Waals surface area contributed by atoms with Crippen molar-refractivity contribution in [3.05, 3.63) is 82.8 Å². The highest BCUT2D eigenvalue weighted by Gasteiger charge is 2.18. The van der Waals surface area contributed by atoms with E-state index in [0.717, 1.165) is 0 Å². The van der Waals surface area contributed by atoms with Crippen LogP contribution in [-0.2, 0) is 0 Å². The first-order chi connectivity index (χ1) is 14.2. The van der Waals surface area contributed by atoms with Crippen LogP contribution < -0.4 is 19.8 Å². The standard InChI is InChI=1S/C22H13NO6/c24-21(14-5-7-18-20(10-14)27-12-26-18)28-15-6-4-13-9-16(17-3-1-2-8-23-17)22(25)29-19(13)11-15/h1-11H,12H2. The highest BCUT2D eigenvalue weighted by Crippen LogP contribution is 2.33. The van der Waals surface area contributed by atoms with Crippen LogP contribution in [-0.4, -0.2) is 17.7 Å². The van der Waals surface area contributed by atoms with Crippen LogP contribution in [0.4, 0.5) is 0 Å². The number of hydrogen-bond acceptors (Lipinski definition) is 7. The Kier molecular flexibility index (Phi) is 3.98. The van der Waals surface area contributed by atoms with Crippen molar-refractivity contribution < 1.29 is 23.4 Å². The summed E-state index contributed by atoms with van der Waals surface area (Å²) in [5.41, 5.74) is 1.01. The van der Waals surface area contributed by atoms with E-state index in [9.17, 15) is 9.59 Å². The smallest absolute Gasteiger partial charge is 0.345 e. The quantitative estimate of drug-likeness (QED) is 0.300. The summed E-state index contributed by atoms with van der Waals surface area (Å²) in [4.78, 5) is 29.0. The van der Waals surface area contributed by atoms with E-state index in [1.54, 1.807) is 60.8 Å². The fraction of sp³-hybridized carbons (Fsp3) is 0.0455. The minimum Gasteiger partial charge on any atom is -0.454 e. The maximum atomic E-state index is 12.4. The molecule has 0 aliphatic carbocycles. The SMILES string of the molecule is O=C(Oc1ccc2cc(-c3ccccn3)c(=O)oc2c1)c1ccc2c(c1)OCO2. The number of fused-ring (bicyclic) bond motifs is 2. The van der Waals surface area contributed by atoms with Crippen LogP contribution in [0.25, 0.3) is 22.2 Å². The molecule has 4 aromatic rings. The van der Waals surface area contributed by atoms with E-state index >= 15 is 0 Å². The normalized spacial score (nSPS) is 12.1. The summed E-state index contributed by atoms with van der Waals surface area (Å²) in [7, 11) is 0. The molecule has 0 N–H and O–H groups in total. The molecule has 142 valence electrons. The number of rotatable bonds is 3. The molecular weight excluding hydrogens is 374 g/mol. The lowest BCUT2D eigenvalue weighted by Gasteiger charge is -2.07. The van der Waals surface area contributed by atoms with Gasteiger partial charge in [-0.3, -0.25) is 4.98 Å². The molecule has 0 bridgehead atoms. The molecule has 0 saturated heterocycles. The average molecular weight is 387 g/mol. The summed E-state index contributed by atoms with van der Waals surface area (Å²) >= 11 is 0. The van der Waals surface area contributed by atoms with Gasteiger partial charge in [0.15, 0.2) is 11.5 Å². The van der Waals surface area contributed by atoms with Crippen LogP contribution in [0.1, 0.15) is 10.4 Å². The first-order valence-corrected chi connectivity index (χ1v) is 8.78. The minimum atomic E-state index is -0.560. The largest absolute Gasteiger partial charge is 0.454 e. The zero-order valence-electron chi connectivity index (χ0n) is 15.0. The van der Waals surface area contributed by atoms with Crippen molar-refractivity contribution in [3.63, 3.8) is 0 Å². The molecule has 2 aromatic carbocycles. The Hall–Kier alpha value is -4.13. The van der Waals surface area contributed by atoms with E-state index in [4.69, 9.17) is 18.6 Å². The molecular formula is C22H13NO6. The summed E-state index contributed by atoms with van der Waals surface area (Å²) in [6.07, 6.45) is 1.61. The Balaban J connectivity index is 1.44. The monoisotopic (exact) mass is 387 g/mol.